The lowest BCUT2D eigenvalue weighted by Gasteiger charge is -2.18. The first-order chi connectivity index (χ1) is 9.64. The number of urea groups is 1. The molecule has 108 valence electrons. The number of rotatable bonds is 4. The molecule has 0 aromatic carbocycles. The van der Waals surface area contributed by atoms with Crippen LogP contribution in [0, 0.1) is 0 Å². The molecule has 1 aromatic rings. The van der Waals surface area contributed by atoms with Crippen molar-refractivity contribution in [1.82, 2.24) is 20.4 Å². The van der Waals surface area contributed by atoms with E-state index in [1.165, 1.54) is 4.90 Å². The summed E-state index contributed by atoms with van der Waals surface area (Å²) in [7, 11) is 0. The summed E-state index contributed by atoms with van der Waals surface area (Å²) in [5.41, 5.74) is -0.714. The highest BCUT2D eigenvalue weighted by molar-refractivity contribution is 7.99. The molecule has 7 nitrogen and oxygen atoms in total. The van der Waals surface area contributed by atoms with Gasteiger partial charge in [-0.1, -0.05) is 12.1 Å². The van der Waals surface area contributed by atoms with Crippen LogP contribution in [-0.2, 0) is 17.8 Å². The SMILES string of the molecule is CCCc1noc(CN2C(=O)N[C@]3(CCSC3)C2=O)n1. The van der Waals surface area contributed by atoms with Crippen LogP contribution < -0.4 is 5.32 Å². The third-order valence-electron chi connectivity index (χ3n) is 3.54. The molecular formula is C12H16N4O3S. The number of nitrogens with one attached hydrogen (secondary N) is 1. The van der Waals surface area contributed by atoms with Gasteiger partial charge in [-0.15, -0.1) is 0 Å². The van der Waals surface area contributed by atoms with E-state index >= 15 is 0 Å². The van der Waals surface area contributed by atoms with Crippen molar-refractivity contribution >= 4 is 23.7 Å². The number of aromatic nitrogens is 2. The molecule has 3 heterocycles. The first-order valence-electron chi connectivity index (χ1n) is 6.68. The van der Waals surface area contributed by atoms with Gasteiger partial charge >= 0.3 is 6.03 Å². The van der Waals surface area contributed by atoms with Crippen LogP contribution >= 0.6 is 11.8 Å². The Morgan fingerprint density at radius 2 is 2.35 bits per heavy atom. The lowest BCUT2D eigenvalue weighted by Crippen LogP contribution is -2.46. The Hall–Kier alpha value is -1.57. The van der Waals surface area contributed by atoms with E-state index in [1.807, 2.05) is 6.92 Å². The van der Waals surface area contributed by atoms with Crippen molar-refractivity contribution in [2.75, 3.05) is 11.5 Å². The topological polar surface area (TPSA) is 88.3 Å². The van der Waals surface area contributed by atoms with Crippen LogP contribution in [0.5, 0.6) is 0 Å². The number of imide groups is 1. The number of amides is 3. The predicted molar refractivity (Wildman–Crippen MR) is 72.0 cm³/mol. The zero-order valence-corrected chi connectivity index (χ0v) is 12.0. The fourth-order valence-electron chi connectivity index (χ4n) is 2.47. The molecule has 2 saturated heterocycles. The first kappa shape index (κ1) is 13.4. The summed E-state index contributed by atoms with van der Waals surface area (Å²) in [6.45, 7) is 2.07. The summed E-state index contributed by atoms with van der Waals surface area (Å²) in [6.07, 6.45) is 2.33. The summed E-state index contributed by atoms with van der Waals surface area (Å²) in [5, 5.41) is 6.64. The molecule has 20 heavy (non-hydrogen) atoms. The summed E-state index contributed by atoms with van der Waals surface area (Å²) < 4.78 is 5.09. The number of carbonyl (C=O) groups is 2. The smallest absolute Gasteiger partial charge is 0.325 e. The summed E-state index contributed by atoms with van der Waals surface area (Å²) in [4.78, 5) is 29.8. The fraction of sp³-hybridized carbons (Fsp3) is 0.667. The van der Waals surface area contributed by atoms with Crippen molar-refractivity contribution in [2.24, 2.45) is 0 Å². The molecule has 0 unspecified atom stereocenters. The monoisotopic (exact) mass is 296 g/mol. The molecule has 0 saturated carbocycles. The second-order valence-corrected chi connectivity index (χ2v) is 6.17. The molecule has 2 aliphatic rings. The molecule has 1 atom stereocenters. The van der Waals surface area contributed by atoms with E-state index in [4.69, 9.17) is 4.52 Å². The van der Waals surface area contributed by atoms with E-state index in [0.717, 1.165) is 18.6 Å². The van der Waals surface area contributed by atoms with E-state index in [2.05, 4.69) is 15.5 Å². The van der Waals surface area contributed by atoms with Crippen LogP contribution in [-0.4, -0.2) is 44.0 Å². The van der Waals surface area contributed by atoms with Crippen molar-refractivity contribution in [2.45, 2.75) is 38.3 Å². The van der Waals surface area contributed by atoms with E-state index in [1.54, 1.807) is 11.8 Å². The molecule has 2 fully saturated rings. The number of thioether (sulfide) groups is 1. The average molecular weight is 296 g/mol. The molecule has 1 aromatic heterocycles. The average Bonchev–Trinajstić information content (AvgIpc) is 3.10. The maximum Gasteiger partial charge on any atom is 0.325 e. The largest absolute Gasteiger partial charge is 0.337 e. The molecule has 1 N–H and O–H groups in total. The number of aryl methyl sites for hydroxylation is 1. The van der Waals surface area contributed by atoms with Gasteiger partial charge in [0, 0.05) is 12.2 Å². The number of hydrogen-bond donors (Lipinski definition) is 1. The minimum absolute atomic E-state index is 0.0494. The first-order valence-corrected chi connectivity index (χ1v) is 7.83. The maximum atomic E-state index is 12.4. The third kappa shape index (κ3) is 2.17. The van der Waals surface area contributed by atoms with Gasteiger partial charge in [0.05, 0.1) is 0 Å². The number of nitrogens with zero attached hydrogens (tertiary/aromatic N) is 3. The highest BCUT2D eigenvalue weighted by Crippen LogP contribution is 2.33. The lowest BCUT2D eigenvalue weighted by atomic mass is 9.99. The molecule has 3 rings (SSSR count). The zero-order valence-electron chi connectivity index (χ0n) is 11.2. The Balaban J connectivity index is 1.73. The van der Waals surface area contributed by atoms with Gasteiger partial charge in [-0.2, -0.15) is 16.7 Å². The Morgan fingerprint density at radius 3 is 3.05 bits per heavy atom. The Bertz CT molecular complexity index is 539. The normalized spacial score (nSPS) is 25.8. The Morgan fingerprint density at radius 1 is 1.50 bits per heavy atom. The quantitative estimate of drug-likeness (QED) is 0.832. The molecular weight excluding hydrogens is 280 g/mol. The molecule has 1 spiro atoms. The lowest BCUT2D eigenvalue weighted by molar-refractivity contribution is -0.131. The molecule has 2 aliphatic heterocycles. The van der Waals surface area contributed by atoms with E-state index in [-0.39, 0.29) is 18.5 Å². The minimum atomic E-state index is -0.714. The molecule has 0 radical (unpaired) electrons. The molecule has 3 amide bonds. The second-order valence-electron chi connectivity index (χ2n) is 5.06. The van der Waals surface area contributed by atoms with Crippen molar-refractivity contribution in [3.05, 3.63) is 11.7 Å². The van der Waals surface area contributed by atoms with E-state index in [0.29, 0.717) is 23.9 Å². The van der Waals surface area contributed by atoms with Gasteiger partial charge in [-0.05, 0) is 18.6 Å². The van der Waals surface area contributed by atoms with Gasteiger partial charge in [0.2, 0.25) is 5.89 Å². The molecule has 0 aliphatic carbocycles. The van der Waals surface area contributed by atoms with Crippen molar-refractivity contribution < 1.29 is 14.1 Å². The van der Waals surface area contributed by atoms with Gasteiger partial charge in [-0.25, -0.2) is 4.79 Å². The Kier molecular flexibility index (Phi) is 3.41. The standard InChI is InChI=1S/C12H16N4O3S/c1-2-3-8-13-9(19-15-8)6-16-10(17)12(14-11(16)18)4-5-20-7-12/h2-7H2,1H3,(H,14,18)/t12-/m0/s1. The van der Waals surface area contributed by atoms with Crippen LogP contribution in [0.25, 0.3) is 0 Å². The molecule has 8 heteroatoms. The van der Waals surface area contributed by atoms with Crippen LogP contribution in [0.15, 0.2) is 4.52 Å². The summed E-state index contributed by atoms with van der Waals surface area (Å²) in [5.74, 6) is 2.27. The number of hydrogen-bond acceptors (Lipinski definition) is 6. The zero-order chi connectivity index (χ0) is 14.2. The summed E-state index contributed by atoms with van der Waals surface area (Å²) >= 11 is 1.68. The van der Waals surface area contributed by atoms with Crippen molar-refractivity contribution in [1.29, 1.82) is 0 Å². The molecule has 0 bridgehead atoms. The van der Waals surface area contributed by atoms with Crippen LogP contribution in [0.1, 0.15) is 31.5 Å². The van der Waals surface area contributed by atoms with Crippen molar-refractivity contribution in [3.63, 3.8) is 0 Å². The van der Waals surface area contributed by atoms with E-state index < -0.39 is 5.54 Å². The highest BCUT2D eigenvalue weighted by atomic mass is 32.2. The van der Waals surface area contributed by atoms with Crippen LogP contribution in [0.3, 0.4) is 0 Å². The number of carbonyl (C=O) groups excluding carboxylic acids is 2. The predicted octanol–water partition coefficient (Wildman–Crippen LogP) is 0.950. The van der Waals surface area contributed by atoms with Gasteiger partial charge in [0.15, 0.2) is 5.82 Å². The second kappa shape index (κ2) is 5.08. The van der Waals surface area contributed by atoms with Gasteiger partial charge in [0.1, 0.15) is 12.1 Å². The minimum Gasteiger partial charge on any atom is -0.337 e. The van der Waals surface area contributed by atoms with Crippen LogP contribution in [0.2, 0.25) is 0 Å². The van der Waals surface area contributed by atoms with Crippen LogP contribution in [0.4, 0.5) is 4.79 Å². The third-order valence-corrected chi connectivity index (χ3v) is 4.73. The Labute approximate surface area is 120 Å². The maximum absolute atomic E-state index is 12.4. The van der Waals surface area contributed by atoms with Crippen molar-refractivity contribution in [3.8, 4) is 0 Å². The highest BCUT2D eigenvalue weighted by Gasteiger charge is 2.53. The fourth-order valence-corrected chi connectivity index (χ4v) is 3.79. The van der Waals surface area contributed by atoms with Gasteiger partial charge in [-0.3, -0.25) is 9.69 Å². The van der Waals surface area contributed by atoms with Gasteiger partial charge in [0.25, 0.3) is 5.91 Å². The summed E-state index contributed by atoms with van der Waals surface area (Å²) in [6, 6.07) is -0.368. The van der Waals surface area contributed by atoms with E-state index in [9.17, 15) is 9.59 Å². The van der Waals surface area contributed by atoms with Gasteiger partial charge < -0.3 is 9.84 Å².